The van der Waals surface area contributed by atoms with Gasteiger partial charge in [0.05, 0.1) is 22.8 Å². The molecule has 2 heterocycles. The van der Waals surface area contributed by atoms with Gasteiger partial charge in [-0.25, -0.2) is 9.31 Å². The predicted molar refractivity (Wildman–Crippen MR) is 127 cm³/mol. The number of hydrogen-bond donors (Lipinski definition) is 1. The summed E-state index contributed by atoms with van der Waals surface area (Å²) in [4.78, 5) is 11.9. The molecule has 0 aliphatic carbocycles. The number of ether oxygens (including phenoxy) is 1. The van der Waals surface area contributed by atoms with Crippen LogP contribution in [0.25, 0.3) is 16.6 Å². The third-order valence-electron chi connectivity index (χ3n) is 5.34. The second-order valence-corrected chi connectivity index (χ2v) is 8.99. The maximum absolute atomic E-state index is 11.9. The monoisotopic (exact) mass is 432 g/mol. The lowest BCUT2D eigenvalue weighted by molar-refractivity contribution is 0.0527. The Morgan fingerprint density at radius 3 is 2.69 bits per heavy atom. The number of carbonyl (C=O) groups is 1. The van der Waals surface area contributed by atoms with Gasteiger partial charge in [-0.3, -0.25) is 0 Å². The number of nitrogens with zero attached hydrogens (tertiary/aromatic N) is 3. The van der Waals surface area contributed by atoms with E-state index in [9.17, 15) is 10.1 Å². The summed E-state index contributed by atoms with van der Waals surface area (Å²) in [5.74, 6) is 0. The third-order valence-corrected chi connectivity index (χ3v) is 5.34. The highest BCUT2D eigenvalue weighted by atomic mass is 16.6. The van der Waals surface area contributed by atoms with Gasteiger partial charge in [0, 0.05) is 17.8 Å². The number of nitrogens with one attached hydrogen (secondary N) is 1. The zero-order valence-corrected chi connectivity index (χ0v) is 19.7. The lowest BCUT2D eigenvalue weighted by atomic mass is 9.94. The topological polar surface area (TPSA) is 79.4 Å². The van der Waals surface area contributed by atoms with Gasteiger partial charge in [0.15, 0.2) is 0 Å². The highest BCUT2D eigenvalue weighted by Gasteiger charge is 2.18. The van der Waals surface area contributed by atoms with Crippen LogP contribution in [0.1, 0.15) is 63.1 Å². The van der Waals surface area contributed by atoms with Gasteiger partial charge in [0.1, 0.15) is 5.60 Å². The van der Waals surface area contributed by atoms with Crippen LogP contribution in [0.4, 0.5) is 4.79 Å². The Bertz CT molecular complexity index is 1150. The molecule has 32 heavy (non-hydrogen) atoms. The van der Waals surface area contributed by atoms with Crippen molar-refractivity contribution in [3.05, 3.63) is 58.9 Å². The van der Waals surface area contributed by atoms with Crippen molar-refractivity contribution in [1.82, 2.24) is 14.9 Å². The lowest BCUT2D eigenvalue weighted by Crippen LogP contribution is -2.33. The quantitative estimate of drug-likeness (QED) is 0.494. The first-order valence-corrected chi connectivity index (χ1v) is 11.2. The van der Waals surface area contributed by atoms with Crippen LogP contribution in [0, 0.1) is 18.3 Å². The number of carbonyl (C=O) groups excluding carboxylic acids is 1. The molecule has 0 saturated heterocycles. The predicted octanol–water partition coefficient (Wildman–Crippen LogP) is 5.59. The first kappa shape index (κ1) is 23.3. The van der Waals surface area contributed by atoms with Crippen LogP contribution in [-0.2, 0) is 17.6 Å². The molecule has 6 nitrogen and oxygen atoms in total. The van der Waals surface area contributed by atoms with Crippen molar-refractivity contribution in [2.24, 2.45) is 0 Å². The van der Waals surface area contributed by atoms with E-state index in [0.29, 0.717) is 12.1 Å². The Hall–Kier alpha value is -3.33. The molecule has 0 aliphatic heterocycles. The molecule has 0 radical (unpaired) electrons. The normalized spacial score (nSPS) is 11.4. The van der Waals surface area contributed by atoms with Crippen molar-refractivity contribution in [3.8, 4) is 17.2 Å². The van der Waals surface area contributed by atoms with E-state index >= 15 is 0 Å². The van der Waals surface area contributed by atoms with E-state index in [1.807, 2.05) is 50.4 Å². The molecule has 1 amide bonds. The van der Waals surface area contributed by atoms with Crippen molar-refractivity contribution >= 4 is 11.6 Å². The van der Waals surface area contributed by atoms with E-state index in [0.717, 1.165) is 53.7 Å². The van der Waals surface area contributed by atoms with E-state index in [2.05, 4.69) is 36.5 Å². The molecule has 0 saturated carbocycles. The third kappa shape index (κ3) is 5.47. The summed E-state index contributed by atoms with van der Waals surface area (Å²) in [6.07, 6.45) is 3.09. The number of benzene rings is 1. The maximum Gasteiger partial charge on any atom is 0.407 e. The Balaban J connectivity index is 1.84. The molecule has 3 rings (SSSR count). The molecule has 1 aromatic carbocycles. The first-order valence-electron chi connectivity index (χ1n) is 11.2. The highest BCUT2D eigenvalue weighted by molar-refractivity contribution is 5.84. The summed E-state index contributed by atoms with van der Waals surface area (Å²) < 4.78 is 7.32. The lowest BCUT2D eigenvalue weighted by Gasteiger charge is -2.19. The summed E-state index contributed by atoms with van der Waals surface area (Å²) in [5.41, 5.74) is 6.70. The van der Waals surface area contributed by atoms with Crippen LogP contribution < -0.4 is 5.32 Å². The van der Waals surface area contributed by atoms with E-state index in [1.165, 1.54) is 5.56 Å². The minimum atomic E-state index is -0.496. The fourth-order valence-electron chi connectivity index (χ4n) is 3.90. The molecule has 6 heteroatoms. The number of unbranched alkanes of at least 4 members (excludes halogenated alkanes) is 1. The zero-order chi connectivity index (χ0) is 23.3. The van der Waals surface area contributed by atoms with E-state index < -0.39 is 5.60 Å². The Morgan fingerprint density at radius 1 is 1.22 bits per heavy atom. The molecule has 1 N–H and O–H groups in total. The number of hydrogen-bond acceptors (Lipinski definition) is 4. The van der Waals surface area contributed by atoms with E-state index in [4.69, 9.17) is 9.84 Å². The molecule has 3 aromatic rings. The summed E-state index contributed by atoms with van der Waals surface area (Å²) in [6, 6.07) is 14.2. The van der Waals surface area contributed by atoms with Crippen molar-refractivity contribution in [2.75, 3.05) is 6.54 Å². The largest absolute Gasteiger partial charge is 0.444 e. The van der Waals surface area contributed by atoms with Crippen LogP contribution in [0.5, 0.6) is 0 Å². The number of aromatic nitrogens is 2. The Labute approximate surface area is 190 Å². The SMILES string of the molecule is CCc1ccc2c(-c3cccc(C#N)c3)c(CCCCNC(=O)OC(C)(C)C)c(C)nn12. The highest BCUT2D eigenvalue weighted by Crippen LogP contribution is 2.32. The smallest absolute Gasteiger partial charge is 0.407 e. The maximum atomic E-state index is 11.9. The number of amides is 1. The molecule has 0 bridgehead atoms. The van der Waals surface area contributed by atoms with Gasteiger partial charge in [-0.2, -0.15) is 10.4 Å². The van der Waals surface area contributed by atoms with Crippen LogP contribution in [0.15, 0.2) is 36.4 Å². The molecule has 168 valence electrons. The van der Waals surface area contributed by atoms with Crippen LogP contribution >= 0.6 is 0 Å². The molecule has 2 aromatic heterocycles. The molecule has 0 aliphatic rings. The number of aryl methyl sites for hydroxylation is 2. The van der Waals surface area contributed by atoms with Gasteiger partial charge in [-0.05, 0) is 88.8 Å². The summed E-state index contributed by atoms with van der Waals surface area (Å²) in [5, 5.41) is 17.1. The second kappa shape index (κ2) is 9.86. The minimum Gasteiger partial charge on any atom is -0.444 e. The molecule has 0 spiro atoms. The fraction of sp³-hybridized carbons (Fsp3) is 0.423. The molecule has 0 atom stereocenters. The van der Waals surface area contributed by atoms with Gasteiger partial charge >= 0.3 is 6.09 Å². The summed E-state index contributed by atoms with van der Waals surface area (Å²) in [6.45, 7) is 10.3. The molecular weight excluding hydrogens is 400 g/mol. The van der Waals surface area contributed by atoms with Gasteiger partial charge < -0.3 is 10.1 Å². The Morgan fingerprint density at radius 2 is 2.00 bits per heavy atom. The Kier molecular flexibility index (Phi) is 7.19. The molecule has 0 fully saturated rings. The average Bonchev–Trinajstić information content (AvgIpc) is 3.14. The fourth-order valence-corrected chi connectivity index (χ4v) is 3.90. The minimum absolute atomic E-state index is 0.383. The number of alkyl carbamates (subject to hydrolysis) is 1. The number of rotatable bonds is 7. The first-order chi connectivity index (χ1) is 15.2. The van der Waals surface area contributed by atoms with Crippen LogP contribution in [0.3, 0.4) is 0 Å². The van der Waals surface area contributed by atoms with Gasteiger partial charge in [-0.1, -0.05) is 19.1 Å². The van der Waals surface area contributed by atoms with Gasteiger partial charge in [0.2, 0.25) is 0 Å². The molecule has 0 unspecified atom stereocenters. The summed E-state index contributed by atoms with van der Waals surface area (Å²) in [7, 11) is 0. The van der Waals surface area contributed by atoms with Crippen molar-refractivity contribution in [2.45, 2.75) is 65.9 Å². The average molecular weight is 433 g/mol. The summed E-state index contributed by atoms with van der Waals surface area (Å²) >= 11 is 0. The molecular formula is C26H32N4O2. The van der Waals surface area contributed by atoms with Gasteiger partial charge in [-0.15, -0.1) is 0 Å². The number of nitriles is 1. The van der Waals surface area contributed by atoms with Crippen LogP contribution in [-0.4, -0.2) is 27.9 Å². The van der Waals surface area contributed by atoms with Crippen LogP contribution in [0.2, 0.25) is 0 Å². The van der Waals surface area contributed by atoms with E-state index in [-0.39, 0.29) is 6.09 Å². The number of fused-ring (bicyclic) bond motifs is 1. The van der Waals surface area contributed by atoms with E-state index in [1.54, 1.807) is 0 Å². The zero-order valence-electron chi connectivity index (χ0n) is 19.7. The standard InChI is InChI=1S/C26H32N4O2/c1-6-21-13-14-23-24(20-11-9-10-19(16-20)17-27)22(18(2)29-30(21)23)12-7-8-15-28-25(31)32-26(3,4)5/h9-11,13-14,16H,6-8,12,15H2,1-5H3,(H,28,31). The van der Waals surface area contributed by atoms with Crippen molar-refractivity contribution in [3.63, 3.8) is 0 Å². The van der Waals surface area contributed by atoms with Crippen molar-refractivity contribution < 1.29 is 9.53 Å². The van der Waals surface area contributed by atoms with Gasteiger partial charge in [0.25, 0.3) is 0 Å². The van der Waals surface area contributed by atoms with Crippen molar-refractivity contribution in [1.29, 1.82) is 5.26 Å². The second-order valence-electron chi connectivity index (χ2n) is 8.99.